The molecule has 0 aliphatic heterocycles. The summed E-state index contributed by atoms with van der Waals surface area (Å²) in [7, 11) is 1.74. The van der Waals surface area contributed by atoms with E-state index in [9.17, 15) is 4.79 Å². The minimum Gasteiger partial charge on any atom is -0.301 e. The Morgan fingerprint density at radius 1 is 1.36 bits per heavy atom. The number of nitrogens with one attached hydrogen (secondary N) is 1. The van der Waals surface area contributed by atoms with E-state index >= 15 is 0 Å². The minimum atomic E-state index is -0.333. The van der Waals surface area contributed by atoms with Crippen LogP contribution in [-0.4, -0.2) is 36.3 Å². The number of thioether (sulfide) groups is 1. The van der Waals surface area contributed by atoms with Gasteiger partial charge in [-0.1, -0.05) is 43.0 Å². The number of amides is 1. The number of aryl methyl sites for hydroxylation is 2. The summed E-state index contributed by atoms with van der Waals surface area (Å²) in [6.45, 7) is 3.94. The number of thiazole rings is 1. The molecule has 3 aromatic rings. The summed E-state index contributed by atoms with van der Waals surface area (Å²) in [5, 5.41) is 16.8. The van der Waals surface area contributed by atoms with Crippen molar-refractivity contribution in [1.29, 1.82) is 0 Å². The highest BCUT2D eigenvalue weighted by Crippen LogP contribution is 2.26. The topological polar surface area (TPSA) is 85.6 Å². The maximum Gasteiger partial charge on any atom is 0.239 e. The average molecular weight is 374 g/mol. The third kappa shape index (κ3) is 4.23. The summed E-state index contributed by atoms with van der Waals surface area (Å²) in [6.07, 6.45) is 1.01. The number of tetrazole rings is 1. The summed E-state index contributed by atoms with van der Waals surface area (Å²) >= 11 is 2.72. The Bertz CT molecular complexity index is 858. The maximum atomic E-state index is 12.3. The summed E-state index contributed by atoms with van der Waals surface area (Å²) in [4.78, 5) is 16.8. The fraction of sp³-hybridized carbons (Fsp3) is 0.312. The van der Waals surface area contributed by atoms with Crippen LogP contribution in [0.25, 0.3) is 11.3 Å². The van der Waals surface area contributed by atoms with Crippen LogP contribution in [-0.2, 0) is 18.3 Å². The van der Waals surface area contributed by atoms with Crippen molar-refractivity contribution in [1.82, 2.24) is 25.2 Å². The third-order valence-corrected chi connectivity index (χ3v) is 5.51. The molecule has 1 atom stereocenters. The van der Waals surface area contributed by atoms with Crippen LogP contribution in [0.2, 0.25) is 0 Å². The number of aromatic nitrogens is 5. The van der Waals surface area contributed by atoms with Gasteiger partial charge in [0.05, 0.1) is 10.9 Å². The number of benzene rings is 1. The number of anilines is 1. The van der Waals surface area contributed by atoms with E-state index in [4.69, 9.17) is 0 Å². The molecule has 9 heteroatoms. The lowest BCUT2D eigenvalue weighted by Gasteiger charge is -2.08. The lowest BCUT2D eigenvalue weighted by atomic mass is 10.1. The van der Waals surface area contributed by atoms with Crippen molar-refractivity contribution in [2.45, 2.75) is 30.7 Å². The van der Waals surface area contributed by atoms with Gasteiger partial charge in [-0.15, -0.1) is 16.4 Å². The van der Waals surface area contributed by atoms with Gasteiger partial charge < -0.3 is 5.32 Å². The molecular weight excluding hydrogens is 356 g/mol. The van der Waals surface area contributed by atoms with Crippen molar-refractivity contribution in [3.63, 3.8) is 0 Å². The van der Waals surface area contributed by atoms with Crippen LogP contribution >= 0.6 is 23.1 Å². The first-order valence-corrected chi connectivity index (χ1v) is 9.57. The van der Waals surface area contributed by atoms with Gasteiger partial charge in [0.2, 0.25) is 11.1 Å². The zero-order chi connectivity index (χ0) is 17.8. The van der Waals surface area contributed by atoms with Gasteiger partial charge in [-0.05, 0) is 29.3 Å². The Hall–Kier alpha value is -2.26. The predicted molar refractivity (Wildman–Crippen MR) is 99.7 cm³/mol. The molecule has 130 valence electrons. The molecule has 0 unspecified atom stereocenters. The number of carbonyl (C=O) groups is 1. The molecule has 0 radical (unpaired) electrons. The monoisotopic (exact) mass is 374 g/mol. The molecule has 1 N–H and O–H groups in total. The second-order valence-electron chi connectivity index (χ2n) is 5.42. The summed E-state index contributed by atoms with van der Waals surface area (Å²) in [5.74, 6) is -0.129. The lowest BCUT2D eigenvalue weighted by molar-refractivity contribution is -0.115. The number of hydrogen-bond donors (Lipinski definition) is 1. The van der Waals surface area contributed by atoms with Gasteiger partial charge in [0.25, 0.3) is 0 Å². The molecule has 7 nitrogen and oxygen atoms in total. The van der Waals surface area contributed by atoms with E-state index < -0.39 is 0 Å². The van der Waals surface area contributed by atoms with Crippen molar-refractivity contribution >= 4 is 34.1 Å². The largest absolute Gasteiger partial charge is 0.301 e. The predicted octanol–water partition coefficient (Wildman–Crippen LogP) is 3.02. The van der Waals surface area contributed by atoms with Crippen LogP contribution in [0.5, 0.6) is 0 Å². The molecule has 0 saturated heterocycles. The Morgan fingerprint density at radius 2 is 2.12 bits per heavy atom. The number of nitrogens with zero attached hydrogens (tertiary/aromatic N) is 5. The second kappa shape index (κ2) is 7.75. The molecule has 0 saturated carbocycles. The van der Waals surface area contributed by atoms with E-state index in [2.05, 4.69) is 57.0 Å². The SMILES string of the molecule is CCc1ccc(-c2csc(NC(=O)[C@@H](C)Sc3nnnn3C)n2)cc1. The zero-order valence-electron chi connectivity index (χ0n) is 14.1. The smallest absolute Gasteiger partial charge is 0.239 e. The second-order valence-corrected chi connectivity index (χ2v) is 7.59. The van der Waals surface area contributed by atoms with Gasteiger partial charge in [0.1, 0.15) is 0 Å². The van der Waals surface area contributed by atoms with Crippen LogP contribution in [0.3, 0.4) is 0 Å². The first kappa shape index (κ1) is 17.6. The maximum absolute atomic E-state index is 12.3. The number of carbonyl (C=O) groups excluding carboxylic acids is 1. The molecule has 1 amide bonds. The van der Waals surface area contributed by atoms with Crippen LogP contribution < -0.4 is 5.32 Å². The van der Waals surface area contributed by atoms with Gasteiger partial charge in [0, 0.05) is 18.0 Å². The molecule has 0 aliphatic rings. The van der Waals surface area contributed by atoms with Crippen LogP contribution in [0, 0.1) is 0 Å². The highest BCUT2D eigenvalue weighted by atomic mass is 32.2. The molecule has 0 fully saturated rings. The third-order valence-electron chi connectivity index (χ3n) is 3.62. The van der Waals surface area contributed by atoms with Crippen molar-refractivity contribution < 1.29 is 4.79 Å². The lowest BCUT2D eigenvalue weighted by Crippen LogP contribution is -2.22. The van der Waals surface area contributed by atoms with E-state index in [0.29, 0.717) is 10.3 Å². The highest BCUT2D eigenvalue weighted by molar-refractivity contribution is 8.00. The molecule has 2 heterocycles. The van der Waals surface area contributed by atoms with E-state index in [1.807, 2.05) is 12.3 Å². The fourth-order valence-electron chi connectivity index (χ4n) is 2.11. The molecule has 1 aromatic carbocycles. The minimum absolute atomic E-state index is 0.129. The number of hydrogen-bond acceptors (Lipinski definition) is 7. The van der Waals surface area contributed by atoms with Crippen LogP contribution in [0.4, 0.5) is 5.13 Å². The normalized spacial score (nSPS) is 12.1. The Kier molecular flexibility index (Phi) is 5.44. The molecule has 3 rings (SSSR count). The Balaban J connectivity index is 1.64. The molecule has 25 heavy (non-hydrogen) atoms. The average Bonchev–Trinajstić information content (AvgIpc) is 3.24. The summed E-state index contributed by atoms with van der Waals surface area (Å²) < 4.78 is 1.54. The molecule has 0 spiro atoms. The van der Waals surface area contributed by atoms with Crippen LogP contribution in [0.1, 0.15) is 19.4 Å². The van der Waals surface area contributed by atoms with Crippen molar-refractivity contribution in [2.75, 3.05) is 5.32 Å². The van der Waals surface area contributed by atoms with E-state index in [1.54, 1.807) is 7.05 Å². The molecule has 0 bridgehead atoms. The standard InChI is InChI=1S/C16H18N6OS2/c1-4-11-5-7-12(8-6-11)13-9-24-15(17-13)18-14(23)10(2)25-16-19-20-21-22(16)3/h5-10H,4H2,1-3H3,(H,17,18,23)/t10-/m1/s1. The zero-order valence-corrected chi connectivity index (χ0v) is 15.8. The van der Waals surface area contributed by atoms with E-state index in [-0.39, 0.29) is 11.2 Å². The van der Waals surface area contributed by atoms with Crippen molar-refractivity contribution in [3.05, 3.63) is 35.2 Å². The summed E-state index contributed by atoms with van der Waals surface area (Å²) in [5.41, 5.74) is 3.19. The quantitative estimate of drug-likeness (QED) is 0.668. The Morgan fingerprint density at radius 3 is 2.76 bits per heavy atom. The van der Waals surface area contributed by atoms with Gasteiger partial charge >= 0.3 is 0 Å². The molecule has 0 aliphatic carbocycles. The number of rotatable bonds is 6. The van der Waals surface area contributed by atoms with E-state index in [0.717, 1.165) is 17.7 Å². The van der Waals surface area contributed by atoms with Crippen LogP contribution in [0.15, 0.2) is 34.8 Å². The molecule has 2 aromatic heterocycles. The van der Waals surface area contributed by atoms with Crippen molar-refractivity contribution in [3.8, 4) is 11.3 Å². The van der Waals surface area contributed by atoms with Crippen molar-refractivity contribution in [2.24, 2.45) is 7.05 Å². The first-order valence-electron chi connectivity index (χ1n) is 7.81. The van der Waals surface area contributed by atoms with Gasteiger partial charge in [-0.3, -0.25) is 4.79 Å². The van der Waals surface area contributed by atoms with Gasteiger partial charge in [-0.25, -0.2) is 9.67 Å². The fourth-order valence-corrected chi connectivity index (χ4v) is 3.59. The van der Waals surface area contributed by atoms with Gasteiger partial charge in [-0.2, -0.15) is 0 Å². The Labute approximate surface area is 153 Å². The van der Waals surface area contributed by atoms with Gasteiger partial charge in [0.15, 0.2) is 5.13 Å². The van der Waals surface area contributed by atoms with E-state index in [1.165, 1.54) is 33.3 Å². The summed E-state index contributed by atoms with van der Waals surface area (Å²) in [6, 6.07) is 8.30. The first-order chi connectivity index (χ1) is 12.1. The highest BCUT2D eigenvalue weighted by Gasteiger charge is 2.19. The molecular formula is C16H18N6OS2.